The second-order valence-corrected chi connectivity index (χ2v) is 21.0. The molecule has 0 saturated heterocycles. The molecule has 0 fully saturated rings. The van der Waals surface area contributed by atoms with Crippen molar-refractivity contribution < 1.29 is 28.6 Å². The number of carbonyl (C=O) groups is 3. The molecule has 0 radical (unpaired) electrons. The number of allylic oxidation sites excluding steroid dienone is 6. The lowest BCUT2D eigenvalue weighted by atomic mass is 10.0. The van der Waals surface area contributed by atoms with E-state index >= 15 is 0 Å². The van der Waals surface area contributed by atoms with Gasteiger partial charge in [-0.25, -0.2) is 0 Å². The number of carbonyl (C=O) groups excluding carboxylic acids is 3. The van der Waals surface area contributed by atoms with E-state index in [2.05, 4.69) is 57.2 Å². The van der Waals surface area contributed by atoms with Crippen molar-refractivity contribution in [2.75, 3.05) is 13.2 Å². The molecule has 1 atom stereocenters. The van der Waals surface area contributed by atoms with Gasteiger partial charge in [0.1, 0.15) is 13.2 Å². The van der Waals surface area contributed by atoms with Crippen molar-refractivity contribution in [3.8, 4) is 0 Å². The van der Waals surface area contributed by atoms with Crippen LogP contribution in [0.15, 0.2) is 36.5 Å². The number of unbranched alkanes of at least 4 members (excludes halogenated alkanes) is 40. The van der Waals surface area contributed by atoms with Gasteiger partial charge in [-0.05, 0) is 77.0 Å². The van der Waals surface area contributed by atoms with Crippen molar-refractivity contribution >= 4 is 17.9 Å². The zero-order valence-corrected chi connectivity index (χ0v) is 47.1. The van der Waals surface area contributed by atoms with Crippen LogP contribution in [-0.2, 0) is 28.6 Å². The van der Waals surface area contributed by atoms with Crippen LogP contribution in [0.25, 0.3) is 0 Å². The zero-order valence-electron chi connectivity index (χ0n) is 47.1. The second kappa shape index (κ2) is 59.2. The summed E-state index contributed by atoms with van der Waals surface area (Å²) in [6, 6.07) is 0. The Bertz CT molecular complexity index is 1170. The predicted octanol–water partition coefficient (Wildman–Crippen LogP) is 20.8. The van der Waals surface area contributed by atoms with Crippen molar-refractivity contribution in [2.24, 2.45) is 0 Å². The first kappa shape index (κ1) is 67.6. The summed E-state index contributed by atoms with van der Waals surface area (Å²) in [5.74, 6) is -0.880. The van der Waals surface area contributed by atoms with E-state index in [0.29, 0.717) is 19.3 Å². The molecule has 0 spiro atoms. The SMILES string of the molecule is CCCCC/C=C\C/C=C\CCCCCCCC(=O)OC(COC(=O)CCCCCCC/C=C\CCCCCCC)COC(=O)CCCCCCCCCCCCCCCCCCCCCCCCC. The molecule has 6 nitrogen and oxygen atoms in total. The summed E-state index contributed by atoms with van der Waals surface area (Å²) in [6.45, 7) is 6.64. The number of ether oxygens (including phenoxy) is 3. The van der Waals surface area contributed by atoms with Gasteiger partial charge in [0.05, 0.1) is 0 Å². The first-order chi connectivity index (χ1) is 34.5. The molecule has 0 aliphatic heterocycles. The van der Waals surface area contributed by atoms with E-state index in [0.717, 1.165) is 89.9 Å². The highest BCUT2D eigenvalue weighted by Gasteiger charge is 2.19. The molecule has 0 aromatic carbocycles. The summed E-state index contributed by atoms with van der Waals surface area (Å²) in [5.41, 5.74) is 0. The minimum Gasteiger partial charge on any atom is -0.462 e. The van der Waals surface area contributed by atoms with Gasteiger partial charge >= 0.3 is 17.9 Å². The summed E-state index contributed by atoms with van der Waals surface area (Å²) in [6.07, 6.45) is 71.5. The normalized spacial score (nSPS) is 12.2. The molecule has 0 rings (SSSR count). The highest BCUT2D eigenvalue weighted by Crippen LogP contribution is 2.17. The minimum atomic E-state index is -0.780. The molecule has 0 aliphatic carbocycles. The predicted molar refractivity (Wildman–Crippen MR) is 302 cm³/mol. The van der Waals surface area contributed by atoms with Gasteiger partial charge in [-0.1, -0.05) is 276 Å². The first-order valence-corrected chi connectivity index (χ1v) is 31.0. The van der Waals surface area contributed by atoms with Gasteiger partial charge in [-0.2, -0.15) is 0 Å². The molecule has 0 heterocycles. The highest BCUT2D eigenvalue weighted by molar-refractivity contribution is 5.71. The standard InChI is InChI=1S/C64H118O6/c1-4-7-10-13-16-19-22-25-28-29-30-31-32-33-34-35-37-39-42-45-48-51-54-57-63(66)69-60-61(59-68-62(65)56-53-50-47-44-41-38-27-24-21-18-15-12-9-6-3)70-64(67)58-55-52-49-46-43-40-36-26-23-20-17-14-11-8-5-2/h17,20,24,26-27,36,61H,4-16,18-19,21-23,25,28-35,37-60H2,1-3H3/b20-17-,27-24-,36-26-. The van der Waals surface area contributed by atoms with Crippen molar-refractivity contribution in [3.63, 3.8) is 0 Å². The van der Waals surface area contributed by atoms with Crippen LogP contribution in [-0.4, -0.2) is 37.2 Å². The van der Waals surface area contributed by atoms with E-state index in [1.165, 1.54) is 205 Å². The lowest BCUT2D eigenvalue weighted by Crippen LogP contribution is -2.30. The van der Waals surface area contributed by atoms with Gasteiger partial charge in [0.2, 0.25) is 0 Å². The number of hydrogen-bond donors (Lipinski definition) is 0. The quantitative estimate of drug-likeness (QED) is 0.0261. The Hall–Kier alpha value is -2.37. The summed E-state index contributed by atoms with van der Waals surface area (Å²) >= 11 is 0. The molecule has 0 amide bonds. The third-order valence-corrected chi connectivity index (χ3v) is 13.9. The second-order valence-electron chi connectivity index (χ2n) is 21.0. The first-order valence-electron chi connectivity index (χ1n) is 31.0. The maximum absolute atomic E-state index is 12.9. The van der Waals surface area contributed by atoms with Gasteiger partial charge in [-0.15, -0.1) is 0 Å². The van der Waals surface area contributed by atoms with Crippen molar-refractivity contribution in [3.05, 3.63) is 36.5 Å². The molecular formula is C64H118O6. The molecule has 0 aromatic heterocycles. The fourth-order valence-electron chi connectivity index (χ4n) is 9.18. The molecule has 0 N–H and O–H groups in total. The molecule has 410 valence electrons. The van der Waals surface area contributed by atoms with Crippen molar-refractivity contribution in [1.82, 2.24) is 0 Å². The molecule has 0 aliphatic rings. The van der Waals surface area contributed by atoms with Gasteiger partial charge in [-0.3, -0.25) is 14.4 Å². The van der Waals surface area contributed by atoms with E-state index in [4.69, 9.17) is 14.2 Å². The van der Waals surface area contributed by atoms with E-state index < -0.39 is 6.10 Å². The maximum Gasteiger partial charge on any atom is 0.306 e. The largest absolute Gasteiger partial charge is 0.462 e. The Morgan fingerprint density at radius 1 is 0.286 bits per heavy atom. The Morgan fingerprint density at radius 2 is 0.514 bits per heavy atom. The van der Waals surface area contributed by atoms with Crippen LogP contribution in [0.5, 0.6) is 0 Å². The van der Waals surface area contributed by atoms with E-state index in [-0.39, 0.29) is 31.1 Å². The fraction of sp³-hybridized carbons (Fsp3) is 0.859. The van der Waals surface area contributed by atoms with Crippen LogP contribution >= 0.6 is 0 Å². The van der Waals surface area contributed by atoms with Crippen LogP contribution in [0.2, 0.25) is 0 Å². The fourth-order valence-corrected chi connectivity index (χ4v) is 9.18. The summed E-state index contributed by atoms with van der Waals surface area (Å²) in [4.78, 5) is 38.2. The van der Waals surface area contributed by atoms with Crippen molar-refractivity contribution in [1.29, 1.82) is 0 Å². The maximum atomic E-state index is 12.9. The Labute approximate surface area is 435 Å². The van der Waals surface area contributed by atoms with Gasteiger partial charge in [0.25, 0.3) is 0 Å². The lowest BCUT2D eigenvalue weighted by Gasteiger charge is -2.18. The third-order valence-electron chi connectivity index (χ3n) is 13.9. The van der Waals surface area contributed by atoms with E-state index in [1.54, 1.807) is 0 Å². The molecular weight excluding hydrogens is 865 g/mol. The van der Waals surface area contributed by atoms with Crippen LogP contribution in [0, 0.1) is 0 Å². The lowest BCUT2D eigenvalue weighted by molar-refractivity contribution is -0.167. The van der Waals surface area contributed by atoms with Crippen LogP contribution in [0.1, 0.15) is 335 Å². The topological polar surface area (TPSA) is 78.9 Å². The third kappa shape index (κ3) is 56.5. The number of hydrogen-bond acceptors (Lipinski definition) is 6. The molecule has 1 unspecified atom stereocenters. The summed E-state index contributed by atoms with van der Waals surface area (Å²) in [5, 5.41) is 0. The number of rotatable bonds is 57. The highest BCUT2D eigenvalue weighted by atomic mass is 16.6. The Balaban J connectivity index is 4.28. The smallest absolute Gasteiger partial charge is 0.306 e. The molecule has 6 heteroatoms. The Morgan fingerprint density at radius 3 is 0.829 bits per heavy atom. The van der Waals surface area contributed by atoms with Crippen LogP contribution < -0.4 is 0 Å². The molecule has 70 heavy (non-hydrogen) atoms. The Kier molecular flexibility index (Phi) is 57.2. The average Bonchev–Trinajstić information content (AvgIpc) is 3.36. The van der Waals surface area contributed by atoms with E-state index in [9.17, 15) is 14.4 Å². The average molecular weight is 984 g/mol. The van der Waals surface area contributed by atoms with Crippen LogP contribution in [0.4, 0.5) is 0 Å². The molecule has 0 aromatic rings. The van der Waals surface area contributed by atoms with Crippen molar-refractivity contribution in [2.45, 2.75) is 341 Å². The summed E-state index contributed by atoms with van der Waals surface area (Å²) in [7, 11) is 0. The minimum absolute atomic E-state index is 0.0767. The zero-order chi connectivity index (χ0) is 50.7. The number of esters is 3. The summed E-state index contributed by atoms with van der Waals surface area (Å²) < 4.78 is 16.9. The van der Waals surface area contributed by atoms with Gasteiger partial charge < -0.3 is 14.2 Å². The monoisotopic (exact) mass is 983 g/mol. The molecule has 0 bridgehead atoms. The van der Waals surface area contributed by atoms with E-state index in [1.807, 2.05) is 0 Å². The van der Waals surface area contributed by atoms with Gasteiger partial charge in [0, 0.05) is 19.3 Å². The molecule has 0 saturated carbocycles. The van der Waals surface area contributed by atoms with Crippen LogP contribution in [0.3, 0.4) is 0 Å². The van der Waals surface area contributed by atoms with Gasteiger partial charge in [0.15, 0.2) is 6.10 Å².